The number of ether oxygens (including phenoxy) is 3. The Morgan fingerprint density at radius 3 is 2.40 bits per heavy atom. The Morgan fingerprint density at radius 2 is 1.88 bits per heavy atom. The Morgan fingerprint density at radius 1 is 1.20 bits per heavy atom. The minimum Gasteiger partial charge on any atom is -0.498 e. The van der Waals surface area contributed by atoms with Crippen LogP contribution in [0.2, 0.25) is 0 Å². The average molecular weight is 358 g/mol. The van der Waals surface area contributed by atoms with Crippen LogP contribution in [0.25, 0.3) is 0 Å². The van der Waals surface area contributed by atoms with E-state index in [4.69, 9.17) is 14.2 Å². The van der Waals surface area contributed by atoms with E-state index in [1.165, 1.54) is 14.2 Å². The van der Waals surface area contributed by atoms with Crippen LogP contribution in [0.4, 0.5) is 0 Å². The first kappa shape index (κ1) is 20.1. The van der Waals surface area contributed by atoms with Crippen LogP contribution in [-0.2, 0) is 14.2 Å². The van der Waals surface area contributed by atoms with Gasteiger partial charge in [-0.3, -0.25) is 0 Å². The lowest BCUT2D eigenvalue weighted by Gasteiger charge is -2.49. The largest absolute Gasteiger partial charge is 0.498 e. The van der Waals surface area contributed by atoms with Gasteiger partial charge in [-0.2, -0.15) is 0 Å². The molecule has 2 unspecified atom stereocenters. The molecule has 1 saturated heterocycles. The van der Waals surface area contributed by atoms with Crippen molar-refractivity contribution in [2.24, 2.45) is 0 Å². The SMILES string of the molecule is CC=CC1=CC(OC)C(O)([C@@H]2O[C@H](CO)[C@@H](O)[C@H](O)[C@H]2O)C(OC)=C1. The summed E-state index contributed by atoms with van der Waals surface area (Å²) in [5.41, 5.74) is -1.25. The van der Waals surface area contributed by atoms with E-state index in [1.807, 2.05) is 6.92 Å². The molecule has 8 heteroatoms. The molecule has 2 rings (SSSR count). The van der Waals surface area contributed by atoms with Gasteiger partial charge in [-0.25, -0.2) is 0 Å². The van der Waals surface area contributed by atoms with E-state index < -0.39 is 48.8 Å². The van der Waals surface area contributed by atoms with E-state index in [9.17, 15) is 25.5 Å². The second kappa shape index (κ2) is 7.96. The molecule has 7 atom stereocenters. The predicted molar refractivity (Wildman–Crippen MR) is 87.5 cm³/mol. The van der Waals surface area contributed by atoms with Crippen molar-refractivity contribution in [3.63, 3.8) is 0 Å². The summed E-state index contributed by atoms with van der Waals surface area (Å²) in [6, 6.07) is 0. The quantitative estimate of drug-likeness (QED) is 0.407. The van der Waals surface area contributed by atoms with E-state index >= 15 is 0 Å². The summed E-state index contributed by atoms with van der Waals surface area (Å²) >= 11 is 0. The number of hydrogen-bond acceptors (Lipinski definition) is 8. The minimum atomic E-state index is -1.97. The van der Waals surface area contributed by atoms with E-state index in [0.29, 0.717) is 0 Å². The highest BCUT2D eigenvalue weighted by atomic mass is 16.6. The summed E-state index contributed by atoms with van der Waals surface area (Å²) in [4.78, 5) is 0. The first-order chi connectivity index (χ1) is 11.8. The zero-order chi connectivity index (χ0) is 18.8. The average Bonchev–Trinajstić information content (AvgIpc) is 2.61. The van der Waals surface area contributed by atoms with E-state index in [0.717, 1.165) is 5.57 Å². The van der Waals surface area contributed by atoms with E-state index in [2.05, 4.69) is 0 Å². The highest BCUT2D eigenvalue weighted by molar-refractivity contribution is 5.42. The first-order valence-corrected chi connectivity index (χ1v) is 8.01. The van der Waals surface area contributed by atoms with Gasteiger partial charge in [-0.05, 0) is 24.6 Å². The molecule has 0 aromatic carbocycles. The molecule has 5 N–H and O–H groups in total. The fraction of sp³-hybridized carbons (Fsp3) is 0.647. The molecule has 1 aliphatic carbocycles. The zero-order valence-electron chi connectivity index (χ0n) is 14.4. The van der Waals surface area contributed by atoms with Crippen molar-refractivity contribution >= 4 is 0 Å². The van der Waals surface area contributed by atoms with Crippen LogP contribution in [0.1, 0.15) is 6.92 Å². The summed E-state index contributed by atoms with van der Waals surface area (Å²) in [5.74, 6) is 0.0688. The van der Waals surface area contributed by atoms with Gasteiger partial charge in [0.1, 0.15) is 42.4 Å². The second-order valence-electron chi connectivity index (χ2n) is 6.11. The van der Waals surface area contributed by atoms with Crippen molar-refractivity contribution in [1.82, 2.24) is 0 Å². The fourth-order valence-electron chi connectivity index (χ4n) is 3.29. The predicted octanol–water partition coefficient (Wildman–Crippen LogP) is -1.38. The van der Waals surface area contributed by atoms with Crippen LogP contribution in [0.3, 0.4) is 0 Å². The van der Waals surface area contributed by atoms with Crippen LogP contribution in [-0.4, -0.2) is 88.6 Å². The van der Waals surface area contributed by atoms with Gasteiger partial charge in [0.25, 0.3) is 0 Å². The summed E-state index contributed by atoms with van der Waals surface area (Å²) in [5, 5.41) is 51.1. The summed E-state index contributed by atoms with van der Waals surface area (Å²) in [6.07, 6.45) is -1.48. The molecule has 1 aliphatic heterocycles. The topological polar surface area (TPSA) is 129 Å². The second-order valence-corrected chi connectivity index (χ2v) is 6.11. The fourth-order valence-corrected chi connectivity index (χ4v) is 3.29. The molecule has 0 saturated carbocycles. The maximum absolute atomic E-state index is 11.3. The molecule has 142 valence electrons. The van der Waals surface area contributed by atoms with Crippen LogP contribution >= 0.6 is 0 Å². The highest BCUT2D eigenvalue weighted by Gasteiger charge is 2.58. The number of hydrogen-bond donors (Lipinski definition) is 5. The first-order valence-electron chi connectivity index (χ1n) is 8.01. The van der Waals surface area contributed by atoms with Crippen LogP contribution in [0.15, 0.2) is 35.6 Å². The molecule has 0 aromatic rings. The Bertz CT molecular complexity index is 555. The molecule has 0 amide bonds. The molecule has 0 bridgehead atoms. The summed E-state index contributed by atoms with van der Waals surface area (Å²) < 4.78 is 16.2. The standard InChI is InChI=1S/C17H26O8/c1-4-5-9-6-11(23-2)17(22,12(7-9)24-3)16-15(21)14(20)13(19)10(8-18)25-16/h4-7,10-11,13-16,18-22H,8H2,1-3H3/t10-,11?,13-,14+,15-,16-,17?/m1/s1. The Hall–Kier alpha value is -1.26. The lowest BCUT2D eigenvalue weighted by atomic mass is 9.77. The Kier molecular flexibility index (Phi) is 6.39. The van der Waals surface area contributed by atoms with Gasteiger partial charge in [0.15, 0.2) is 5.60 Å². The molecular weight excluding hydrogens is 332 g/mol. The normalized spacial score (nSPS) is 42.2. The monoisotopic (exact) mass is 358 g/mol. The number of allylic oxidation sites excluding steroid dienone is 4. The van der Waals surface area contributed by atoms with Crippen LogP contribution in [0.5, 0.6) is 0 Å². The third-order valence-electron chi connectivity index (χ3n) is 4.63. The van der Waals surface area contributed by atoms with Gasteiger partial charge in [0.05, 0.1) is 13.7 Å². The maximum atomic E-state index is 11.3. The maximum Gasteiger partial charge on any atom is 0.180 e. The van der Waals surface area contributed by atoms with Crippen LogP contribution in [0, 0.1) is 0 Å². The molecule has 25 heavy (non-hydrogen) atoms. The molecular formula is C17H26O8. The molecule has 2 aliphatic rings. The zero-order valence-corrected chi connectivity index (χ0v) is 14.4. The Labute approximate surface area is 146 Å². The van der Waals surface area contributed by atoms with Gasteiger partial charge in [0, 0.05) is 7.11 Å². The van der Waals surface area contributed by atoms with Crippen molar-refractivity contribution in [3.05, 3.63) is 35.6 Å². The number of aliphatic hydroxyl groups excluding tert-OH is 4. The van der Waals surface area contributed by atoms with Gasteiger partial charge >= 0.3 is 0 Å². The molecule has 0 aromatic heterocycles. The van der Waals surface area contributed by atoms with Crippen molar-refractivity contribution in [2.45, 2.75) is 49.1 Å². The van der Waals surface area contributed by atoms with Gasteiger partial charge in [0.2, 0.25) is 0 Å². The Balaban J connectivity index is 2.48. The third-order valence-corrected chi connectivity index (χ3v) is 4.63. The molecule has 0 spiro atoms. The lowest BCUT2D eigenvalue weighted by molar-refractivity contribution is -0.280. The van der Waals surface area contributed by atoms with Crippen molar-refractivity contribution in [3.8, 4) is 0 Å². The smallest absolute Gasteiger partial charge is 0.180 e. The van der Waals surface area contributed by atoms with E-state index in [1.54, 1.807) is 24.3 Å². The van der Waals surface area contributed by atoms with Crippen molar-refractivity contribution in [1.29, 1.82) is 0 Å². The summed E-state index contributed by atoms with van der Waals surface area (Å²) in [6.45, 7) is 1.24. The minimum absolute atomic E-state index is 0.0688. The molecule has 8 nitrogen and oxygen atoms in total. The lowest BCUT2D eigenvalue weighted by Crippen LogP contribution is -2.69. The van der Waals surface area contributed by atoms with Crippen LogP contribution < -0.4 is 0 Å². The molecule has 1 heterocycles. The van der Waals surface area contributed by atoms with E-state index in [-0.39, 0.29) is 5.76 Å². The van der Waals surface area contributed by atoms with Crippen molar-refractivity contribution in [2.75, 3.05) is 20.8 Å². The number of methoxy groups -OCH3 is 2. The van der Waals surface area contributed by atoms with Gasteiger partial charge in [-0.1, -0.05) is 12.2 Å². The number of aliphatic hydroxyl groups is 5. The highest BCUT2D eigenvalue weighted by Crippen LogP contribution is 2.40. The van der Waals surface area contributed by atoms with Crippen molar-refractivity contribution < 1.29 is 39.7 Å². The number of rotatable bonds is 5. The molecule has 0 radical (unpaired) electrons. The summed E-state index contributed by atoms with van der Waals surface area (Å²) in [7, 11) is 2.73. The van der Waals surface area contributed by atoms with Gasteiger partial charge < -0.3 is 39.7 Å². The third kappa shape index (κ3) is 3.39. The van der Waals surface area contributed by atoms with Gasteiger partial charge in [-0.15, -0.1) is 0 Å². The molecule has 1 fully saturated rings.